The van der Waals surface area contributed by atoms with E-state index in [2.05, 4.69) is 24.1 Å². The lowest BCUT2D eigenvalue weighted by Gasteiger charge is -2.23. The Morgan fingerprint density at radius 3 is 2.86 bits per heavy atom. The molecular weight excluding hydrogens is 176 g/mol. The summed E-state index contributed by atoms with van der Waals surface area (Å²) in [5.74, 6) is 0. The Morgan fingerprint density at radius 1 is 1.43 bits per heavy atom. The van der Waals surface area contributed by atoms with Crippen molar-refractivity contribution in [3.63, 3.8) is 0 Å². The Bertz CT molecular complexity index is 165. The van der Waals surface area contributed by atoms with Crippen molar-refractivity contribution >= 4 is 0 Å². The van der Waals surface area contributed by atoms with Crippen LogP contribution in [0, 0.1) is 0 Å². The van der Waals surface area contributed by atoms with Crippen molar-refractivity contribution in [1.29, 1.82) is 0 Å². The molecule has 0 aliphatic carbocycles. The minimum atomic E-state index is 0.0818. The molecule has 3 heteroatoms. The molecule has 0 bridgehead atoms. The average molecular weight is 198 g/mol. The monoisotopic (exact) mass is 198 g/mol. The maximum atomic E-state index is 5.67. The molecule has 1 saturated heterocycles. The van der Waals surface area contributed by atoms with Crippen molar-refractivity contribution < 1.29 is 4.74 Å². The second-order valence-corrected chi connectivity index (χ2v) is 4.07. The van der Waals surface area contributed by atoms with Gasteiger partial charge in [0.15, 0.2) is 0 Å². The van der Waals surface area contributed by atoms with E-state index in [1.807, 2.05) is 6.08 Å². The van der Waals surface area contributed by atoms with Crippen LogP contribution in [0.4, 0.5) is 0 Å². The van der Waals surface area contributed by atoms with Crippen molar-refractivity contribution in [2.75, 3.05) is 32.8 Å². The van der Waals surface area contributed by atoms with E-state index in [4.69, 9.17) is 4.74 Å². The predicted molar refractivity (Wildman–Crippen MR) is 59.5 cm³/mol. The van der Waals surface area contributed by atoms with Gasteiger partial charge in [-0.1, -0.05) is 6.08 Å². The Balaban J connectivity index is 1.95. The quantitative estimate of drug-likeness (QED) is 0.471. The fourth-order valence-corrected chi connectivity index (χ4v) is 1.71. The van der Waals surface area contributed by atoms with Gasteiger partial charge in [0, 0.05) is 32.8 Å². The Labute approximate surface area is 86.9 Å². The number of hydrogen-bond donors (Lipinski definition) is 2. The molecular formula is C11H22N2O. The molecule has 14 heavy (non-hydrogen) atoms. The largest absolute Gasteiger partial charge is 0.374 e. The van der Waals surface area contributed by atoms with Gasteiger partial charge >= 0.3 is 0 Å². The van der Waals surface area contributed by atoms with E-state index in [1.54, 1.807) is 0 Å². The summed E-state index contributed by atoms with van der Waals surface area (Å²) in [7, 11) is 0. The zero-order chi connectivity index (χ0) is 10.3. The molecule has 2 N–H and O–H groups in total. The van der Waals surface area contributed by atoms with Gasteiger partial charge in [-0.05, 0) is 19.8 Å². The van der Waals surface area contributed by atoms with Crippen molar-refractivity contribution in [3.05, 3.63) is 12.7 Å². The molecule has 1 rings (SSSR count). The van der Waals surface area contributed by atoms with Crippen LogP contribution >= 0.6 is 0 Å². The van der Waals surface area contributed by atoms with E-state index < -0.39 is 0 Å². The second-order valence-electron chi connectivity index (χ2n) is 4.07. The summed E-state index contributed by atoms with van der Waals surface area (Å²) in [6.07, 6.45) is 4.26. The minimum absolute atomic E-state index is 0.0818. The van der Waals surface area contributed by atoms with E-state index >= 15 is 0 Å². The molecule has 0 aromatic carbocycles. The van der Waals surface area contributed by atoms with Gasteiger partial charge < -0.3 is 15.4 Å². The van der Waals surface area contributed by atoms with Gasteiger partial charge in [-0.3, -0.25) is 0 Å². The van der Waals surface area contributed by atoms with E-state index in [9.17, 15) is 0 Å². The van der Waals surface area contributed by atoms with Gasteiger partial charge in [-0.2, -0.15) is 0 Å². The van der Waals surface area contributed by atoms with Crippen LogP contribution in [-0.4, -0.2) is 38.4 Å². The van der Waals surface area contributed by atoms with Crippen molar-refractivity contribution in [1.82, 2.24) is 10.6 Å². The normalized spacial score (nSPS) is 26.6. The highest BCUT2D eigenvalue weighted by molar-refractivity contribution is 4.82. The molecule has 0 radical (unpaired) electrons. The van der Waals surface area contributed by atoms with Gasteiger partial charge in [0.1, 0.15) is 0 Å². The SMILES string of the molecule is C=CCNCCNCC1(C)CCCO1. The average Bonchev–Trinajstić information content (AvgIpc) is 2.59. The third-order valence-corrected chi connectivity index (χ3v) is 2.57. The number of rotatable bonds is 7. The molecule has 0 aromatic rings. The summed E-state index contributed by atoms with van der Waals surface area (Å²) in [6, 6.07) is 0. The zero-order valence-electron chi connectivity index (χ0n) is 9.14. The number of nitrogens with one attached hydrogen (secondary N) is 2. The minimum Gasteiger partial charge on any atom is -0.374 e. The van der Waals surface area contributed by atoms with E-state index in [-0.39, 0.29) is 5.60 Å². The van der Waals surface area contributed by atoms with E-state index in [0.717, 1.165) is 32.8 Å². The Hall–Kier alpha value is -0.380. The summed E-state index contributed by atoms with van der Waals surface area (Å²) in [5.41, 5.74) is 0.0818. The summed E-state index contributed by atoms with van der Waals surface area (Å²) in [5, 5.41) is 6.66. The molecule has 0 aromatic heterocycles. The lowest BCUT2D eigenvalue weighted by Crippen LogP contribution is -2.39. The van der Waals surface area contributed by atoms with Gasteiger partial charge in [-0.15, -0.1) is 6.58 Å². The van der Waals surface area contributed by atoms with Crippen LogP contribution in [0.5, 0.6) is 0 Å². The molecule has 1 aliphatic heterocycles. The standard InChI is InChI=1S/C11H22N2O/c1-3-6-12-7-8-13-10-11(2)5-4-9-14-11/h3,12-13H,1,4-10H2,2H3. The van der Waals surface area contributed by atoms with Crippen LogP contribution < -0.4 is 10.6 Å². The highest BCUT2D eigenvalue weighted by Crippen LogP contribution is 2.23. The van der Waals surface area contributed by atoms with E-state index in [1.165, 1.54) is 12.8 Å². The fourth-order valence-electron chi connectivity index (χ4n) is 1.71. The molecule has 0 saturated carbocycles. The molecule has 1 unspecified atom stereocenters. The van der Waals surface area contributed by atoms with Crippen LogP contribution in [-0.2, 0) is 4.74 Å². The first kappa shape index (κ1) is 11.7. The molecule has 1 fully saturated rings. The molecule has 82 valence electrons. The number of hydrogen-bond acceptors (Lipinski definition) is 3. The second kappa shape index (κ2) is 6.17. The van der Waals surface area contributed by atoms with E-state index in [0.29, 0.717) is 0 Å². The first-order chi connectivity index (χ1) is 6.77. The van der Waals surface area contributed by atoms with Crippen LogP contribution in [0.2, 0.25) is 0 Å². The molecule has 0 amide bonds. The topological polar surface area (TPSA) is 33.3 Å². The molecule has 1 aliphatic rings. The summed E-state index contributed by atoms with van der Waals surface area (Å²) < 4.78 is 5.67. The zero-order valence-corrected chi connectivity index (χ0v) is 9.14. The van der Waals surface area contributed by atoms with Crippen molar-refractivity contribution in [3.8, 4) is 0 Å². The summed E-state index contributed by atoms with van der Waals surface area (Å²) >= 11 is 0. The van der Waals surface area contributed by atoms with Gasteiger partial charge in [0.05, 0.1) is 5.60 Å². The fraction of sp³-hybridized carbons (Fsp3) is 0.818. The maximum absolute atomic E-state index is 5.67. The van der Waals surface area contributed by atoms with Crippen LogP contribution in [0.1, 0.15) is 19.8 Å². The molecule has 1 atom stereocenters. The lowest BCUT2D eigenvalue weighted by molar-refractivity contribution is 0.0211. The Morgan fingerprint density at radius 2 is 2.21 bits per heavy atom. The van der Waals surface area contributed by atoms with Crippen LogP contribution in [0.15, 0.2) is 12.7 Å². The summed E-state index contributed by atoms with van der Waals surface area (Å²) in [6.45, 7) is 10.6. The van der Waals surface area contributed by atoms with Gasteiger partial charge in [-0.25, -0.2) is 0 Å². The van der Waals surface area contributed by atoms with Crippen LogP contribution in [0.3, 0.4) is 0 Å². The highest BCUT2D eigenvalue weighted by Gasteiger charge is 2.28. The Kier molecular flexibility index (Phi) is 5.15. The first-order valence-corrected chi connectivity index (χ1v) is 5.43. The molecule has 1 heterocycles. The van der Waals surface area contributed by atoms with Gasteiger partial charge in [0.2, 0.25) is 0 Å². The van der Waals surface area contributed by atoms with Crippen LogP contribution in [0.25, 0.3) is 0 Å². The lowest BCUT2D eigenvalue weighted by atomic mass is 10.0. The third kappa shape index (κ3) is 4.22. The third-order valence-electron chi connectivity index (χ3n) is 2.57. The number of ether oxygens (including phenoxy) is 1. The first-order valence-electron chi connectivity index (χ1n) is 5.43. The summed E-state index contributed by atoms with van der Waals surface area (Å²) in [4.78, 5) is 0. The molecule has 0 spiro atoms. The predicted octanol–water partition coefficient (Wildman–Crippen LogP) is 0.921. The molecule has 3 nitrogen and oxygen atoms in total. The smallest absolute Gasteiger partial charge is 0.0779 e. The van der Waals surface area contributed by atoms with Crippen molar-refractivity contribution in [2.24, 2.45) is 0 Å². The van der Waals surface area contributed by atoms with Crippen molar-refractivity contribution in [2.45, 2.75) is 25.4 Å². The maximum Gasteiger partial charge on any atom is 0.0779 e. The highest BCUT2D eigenvalue weighted by atomic mass is 16.5. The van der Waals surface area contributed by atoms with Gasteiger partial charge in [0.25, 0.3) is 0 Å².